The molecule has 0 saturated carbocycles. The summed E-state index contributed by atoms with van der Waals surface area (Å²) in [5.41, 5.74) is 2.33. The number of phenols is 2. The molecule has 0 atom stereocenters. The van der Waals surface area contributed by atoms with Crippen LogP contribution in [-0.2, 0) is 0 Å². The topological polar surface area (TPSA) is 57.5 Å². The second-order valence-corrected chi connectivity index (χ2v) is 4.88. The first-order valence-electron chi connectivity index (χ1n) is 6.27. The van der Waals surface area contributed by atoms with Crippen LogP contribution in [0.15, 0.2) is 41.5 Å². The fourth-order valence-electron chi connectivity index (χ4n) is 1.68. The Labute approximate surface area is 113 Å². The number of carbonyl (C=O) groups is 1. The van der Waals surface area contributed by atoms with Crippen molar-refractivity contribution < 1.29 is 15.0 Å². The van der Waals surface area contributed by atoms with Crippen LogP contribution in [0.4, 0.5) is 0 Å². The molecule has 0 aliphatic heterocycles. The van der Waals surface area contributed by atoms with Crippen LogP contribution in [0.5, 0.6) is 11.5 Å². The molecule has 1 rings (SSSR count). The maximum atomic E-state index is 12.0. The highest BCUT2D eigenvalue weighted by atomic mass is 16.3. The van der Waals surface area contributed by atoms with Gasteiger partial charge in [0.1, 0.15) is 11.5 Å². The summed E-state index contributed by atoms with van der Waals surface area (Å²) in [7, 11) is 0. The Balaban J connectivity index is 2.77. The SMILES string of the molecule is CC(C)=CCC/C(C)=C/C(=O)c1cc(O)ccc1O. The summed E-state index contributed by atoms with van der Waals surface area (Å²) in [6, 6.07) is 3.93. The van der Waals surface area contributed by atoms with E-state index in [2.05, 4.69) is 6.08 Å². The lowest BCUT2D eigenvalue weighted by Gasteiger charge is -2.03. The van der Waals surface area contributed by atoms with E-state index in [1.807, 2.05) is 20.8 Å². The molecule has 3 heteroatoms. The van der Waals surface area contributed by atoms with E-state index >= 15 is 0 Å². The van der Waals surface area contributed by atoms with Crippen LogP contribution in [0.3, 0.4) is 0 Å². The van der Waals surface area contributed by atoms with Gasteiger partial charge in [-0.15, -0.1) is 0 Å². The van der Waals surface area contributed by atoms with Crippen LogP contribution >= 0.6 is 0 Å². The molecule has 0 heterocycles. The molecule has 0 amide bonds. The van der Waals surface area contributed by atoms with Crippen molar-refractivity contribution in [3.63, 3.8) is 0 Å². The first-order valence-corrected chi connectivity index (χ1v) is 6.27. The fourth-order valence-corrected chi connectivity index (χ4v) is 1.68. The van der Waals surface area contributed by atoms with Gasteiger partial charge in [-0.2, -0.15) is 0 Å². The molecular weight excluding hydrogens is 240 g/mol. The lowest BCUT2D eigenvalue weighted by molar-refractivity contribution is 0.104. The maximum Gasteiger partial charge on any atom is 0.189 e. The lowest BCUT2D eigenvalue weighted by Crippen LogP contribution is -1.96. The standard InChI is InChI=1S/C16H20O3/c1-11(2)5-4-6-12(3)9-16(19)14-10-13(17)7-8-15(14)18/h5,7-10,17-18H,4,6H2,1-3H3/b12-9+. The van der Waals surface area contributed by atoms with Crippen LogP contribution in [0, 0.1) is 0 Å². The Morgan fingerprint density at radius 3 is 2.53 bits per heavy atom. The van der Waals surface area contributed by atoms with E-state index in [1.54, 1.807) is 0 Å². The Morgan fingerprint density at radius 1 is 1.21 bits per heavy atom. The van der Waals surface area contributed by atoms with E-state index in [4.69, 9.17) is 0 Å². The van der Waals surface area contributed by atoms with E-state index in [9.17, 15) is 15.0 Å². The van der Waals surface area contributed by atoms with Gasteiger partial charge in [-0.1, -0.05) is 17.2 Å². The predicted octanol–water partition coefficient (Wildman–Crippen LogP) is 3.97. The van der Waals surface area contributed by atoms with Crippen molar-refractivity contribution in [3.8, 4) is 11.5 Å². The Kier molecular flexibility index (Phi) is 5.37. The Bertz CT molecular complexity index is 521. The molecule has 0 aromatic heterocycles. The van der Waals surface area contributed by atoms with E-state index in [-0.39, 0.29) is 22.8 Å². The van der Waals surface area contributed by atoms with Gasteiger partial charge in [-0.25, -0.2) is 0 Å². The zero-order valence-corrected chi connectivity index (χ0v) is 11.6. The summed E-state index contributed by atoms with van der Waals surface area (Å²) in [5, 5.41) is 18.9. The first-order chi connectivity index (χ1) is 8.90. The molecule has 19 heavy (non-hydrogen) atoms. The molecule has 0 aliphatic carbocycles. The number of hydrogen-bond acceptors (Lipinski definition) is 3. The van der Waals surface area contributed by atoms with Crippen LogP contribution in [0.25, 0.3) is 0 Å². The molecule has 0 spiro atoms. The van der Waals surface area contributed by atoms with Gasteiger partial charge in [0, 0.05) is 0 Å². The minimum absolute atomic E-state index is 0.0308. The van der Waals surface area contributed by atoms with Gasteiger partial charge in [-0.3, -0.25) is 4.79 Å². The third-order valence-corrected chi connectivity index (χ3v) is 2.71. The van der Waals surface area contributed by atoms with E-state index in [0.29, 0.717) is 0 Å². The van der Waals surface area contributed by atoms with Crippen LogP contribution in [-0.4, -0.2) is 16.0 Å². The van der Waals surface area contributed by atoms with Crippen LogP contribution in [0.1, 0.15) is 44.0 Å². The number of hydrogen-bond donors (Lipinski definition) is 2. The van der Waals surface area contributed by atoms with E-state index < -0.39 is 0 Å². The summed E-state index contributed by atoms with van der Waals surface area (Å²) < 4.78 is 0. The summed E-state index contributed by atoms with van der Waals surface area (Å²) in [6.45, 7) is 5.96. The zero-order chi connectivity index (χ0) is 14.4. The number of rotatable bonds is 5. The number of phenolic OH excluding ortho intramolecular Hbond substituents is 2. The molecule has 3 nitrogen and oxygen atoms in total. The number of allylic oxidation sites excluding steroid dienone is 4. The van der Waals surface area contributed by atoms with E-state index in [1.165, 1.54) is 29.8 Å². The molecule has 102 valence electrons. The second-order valence-electron chi connectivity index (χ2n) is 4.88. The monoisotopic (exact) mass is 260 g/mol. The average Bonchev–Trinajstić information content (AvgIpc) is 2.31. The molecule has 0 fully saturated rings. The molecule has 0 bridgehead atoms. The summed E-state index contributed by atoms with van der Waals surface area (Å²) >= 11 is 0. The molecular formula is C16H20O3. The van der Waals surface area contributed by atoms with Crippen molar-refractivity contribution in [1.82, 2.24) is 0 Å². The van der Waals surface area contributed by atoms with Gasteiger partial charge in [0.2, 0.25) is 0 Å². The van der Waals surface area contributed by atoms with Gasteiger partial charge >= 0.3 is 0 Å². The summed E-state index contributed by atoms with van der Waals surface area (Å²) in [4.78, 5) is 12.0. The first kappa shape index (κ1) is 15.0. The molecule has 1 aromatic carbocycles. The summed E-state index contributed by atoms with van der Waals surface area (Å²) in [6.07, 6.45) is 5.32. The minimum atomic E-state index is -0.289. The fraction of sp³-hybridized carbons (Fsp3) is 0.312. The Hall–Kier alpha value is -2.03. The molecule has 0 aliphatic rings. The van der Waals surface area contributed by atoms with Crippen molar-refractivity contribution in [2.45, 2.75) is 33.6 Å². The quantitative estimate of drug-likeness (QED) is 0.364. The van der Waals surface area contributed by atoms with Gasteiger partial charge in [0.15, 0.2) is 5.78 Å². The maximum absolute atomic E-state index is 12.0. The van der Waals surface area contributed by atoms with Crippen molar-refractivity contribution in [3.05, 3.63) is 47.1 Å². The molecule has 0 saturated heterocycles. The largest absolute Gasteiger partial charge is 0.508 e. The molecule has 2 N–H and O–H groups in total. The number of carbonyl (C=O) groups excluding carboxylic acids is 1. The third kappa shape index (κ3) is 5.00. The molecule has 0 unspecified atom stereocenters. The van der Waals surface area contributed by atoms with Gasteiger partial charge < -0.3 is 10.2 Å². The normalized spacial score (nSPS) is 11.2. The highest BCUT2D eigenvalue weighted by Gasteiger charge is 2.09. The van der Waals surface area contributed by atoms with Crippen LogP contribution < -0.4 is 0 Å². The number of benzene rings is 1. The molecule has 1 aromatic rings. The van der Waals surface area contributed by atoms with Crippen molar-refractivity contribution in [1.29, 1.82) is 0 Å². The van der Waals surface area contributed by atoms with Crippen LogP contribution in [0.2, 0.25) is 0 Å². The highest BCUT2D eigenvalue weighted by molar-refractivity contribution is 6.07. The molecule has 0 radical (unpaired) electrons. The van der Waals surface area contributed by atoms with Gasteiger partial charge in [-0.05, 0) is 57.9 Å². The second kappa shape index (κ2) is 6.78. The predicted molar refractivity (Wildman–Crippen MR) is 76.5 cm³/mol. The summed E-state index contributed by atoms with van der Waals surface area (Å²) in [5.74, 6) is -0.434. The van der Waals surface area contributed by atoms with Crippen molar-refractivity contribution >= 4 is 5.78 Å². The zero-order valence-electron chi connectivity index (χ0n) is 11.6. The number of ketones is 1. The Morgan fingerprint density at radius 2 is 1.89 bits per heavy atom. The van der Waals surface area contributed by atoms with Crippen molar-refractivity contribution in [2.24, 2.45) is 0 Å². The smallest absolute Gasteiger partial charge is 0.189 e. The lowest BCUT2D eigenvalue weighted by atomic mass is 10.0. The highest BCUT2D eigenvalue weighted by Crippen LogP contribution is 2.23. The van der Waals surface area contributed by atoms with Crippen molar-refractivity contribution in [2.75, 3.05) is 0 Å². The van der Waals surface area contributed by atoms with Gasteiger partial charge in [0.25, 0.3) is 0 Å². The average molecular weight is 260 g/mol. The van der Waals surface area contributed by atoms with Gasteiger partial charge in [0.05, 0.1) is 5.56 Å². The third-order valence-electron chi connectivity index (χ3n) is 2.71. The van der Waals surface area contributed by atoms with E-state index in [0.717, 1.165) is 18.4 Å². The minimum Gasteiger partial charge on any atom is -0.508 e. The number of aromatic hydroxyl groups is 2.